The maximum Gasteiger partial charge on any atom is 0.344 e. The number of carbonyl (C=O) groups excluding carboxylic acids is 1. The molecule has 182 valence electrons. The van der Waals surface area contributed by atoms with E-state index in [1.165, 1.54) is 12.1 Å². The number of fused-ring (bicyclic) bond motifs is 1. The Labute approximate surface area is 211 Å². The van der Waals surface area contributed by atoms with Gasteiger partial charge >= 0.3 is 5.63 Å². The summed E-state index contributed by atoms with van der Waals surface area (Å²) in [4.78, 5) is 38.7. The normalized spacial score (nSPS) is 13.5. The van der Waals surface area contributed by atoms with Crippen LogP contribution < -0.4 is 15.8 Å². The lowest BCUT2D eigenvalue weighted by atomic mass is 10.0. The highest BCUT2D eigenvalue weighted by Crippen LogP contribution is 2.33. The first-order valence-electron chi connectivity index (χ1n) is 11.6. The number of para-hydroxylation sites is 1. The molecule has 36 heavy (non-hydrogen) atoms. The van der Waals surface area contributed by atoms with Crippen molar-refractivity contribution in [2.75, 3.05) is 23.3 Å². The molecule has 0 unspecified atom stereocenters. The van der Waals surface area contributed by atoms with Gasteiger partial charge in [-0.1, -0.05) is 35.9 Å². The Morgan fingerprint density at radius 1 is 0.972 bits per heavy atom. The first-order valence-corrected chi connectivity index (χ1v) is 12.0. The van der Waals surface area contributed by atoms with E-state index in [9.17, 15) is 19.7 Å². The Morgan fingerprint density at radius 3 is 2.50 bits per heavy atom. The molecule has 0 radical (unpaired) electrons. The Morgan fingerprint density at radius 2 is 1.75 bits per heavy atom. The number of rotatable bonds is 5. The summed E-state index contributed by atoms with van der Waals surface area (Å²) in [5, 5.41) is 15.5. The number of benzene rings is 3. The number of hydrogen-bond donors (Lipinski definition) is 1. The molecule has 8 nitrogen and oxygen atoms in total. The molecule has 0 spiro atoms. The summed E-state index contributed by atoms with van der Waals surface area (Å²) >= 11 is 6.46. The number of carbonyl (C=O) groups is 1. The van der Waals surface area contributed by atoms with Gasteiger partial charge in [0, 0.05) is 41.4 Å². The molecule has 0 atom stereocenters. The molecule has 1 fully saturated rings. The third kappa shape index (κ3) is 4.67. The maximum atomic E-state index is 12.9. The van der Waals surface area contributed by atoms with Crippen LogP contribution in [0, 0.1) is 10.1 Å². The zero-order chi connectivity index (χ0) is 25.2. The van der Waals surface area contributed by atoms with Gasteiger partial charge in [-0.2, -0.15) is 0 Å². The van der Waals surface area contributed by atoms with Gasteiger partial charge in [0.15, 0.2) is 0 Å². The second kappa shape index (κ2) is 9.83. The van der Waals surface area contributed by atoms with E-state index in [4.69, 9.17) is 16.0 Å². The largest absolute Gasteiger partial charge is 0.422 e. The third-order valence-electron chi connectivity index (χ3n) is 6.29. The molecule has 1 aliphatic heterocycles. The van der Waals surface area contributed by atoms with Gasteiger partial charge in [-0.15, -0.1) is 0 Å². The van der Waals surface area contributed by atoms with Crippen molar-refractivity contribution >= 4 is 45.5 Å². The van der Waals surface area contributed by atoms with Crippen LogP contribution >= 0.6 is 11.6 Å². The van der Waals surface area contributed by atoms with Gasteiger partial charge in [0.05, 0.1) is 15.5 Å². The summed E-state index contributed by atoms with van der Waals surface area (Å²) in [5.41, 5.74) is 1.72. The lowest BCUT2D eigenvalue weighted by Crippen LogP contribution is -2.30. The molecule has 1 aromatic heterocycles. The standard InChI is InChI=1S/C27H22ClN3O5/c28-22-16-19(9-10-20(22)21-14-17-6-2-3-7-25(17)36-27(21)33)29-26(32)18-8-11-23(24(15-18)31(34)35)30-12-4-1-5-13-30/h2-3,6-11,14-16H,1,4-5,12-13H2,(H,29,32). The van der Waals surface area contributed by atoms with Crippen molar-refractivity contribution in [2.45, 2.75) is 19.3 Å². The number of anilines is 2. The topological polar surface area (TPSA) is 106 Å². The van der Waals surface area contributed by atoms with E-state index in [0.29, 0.717) is 28.1 Å². The van der Waals surface area contributed by atoms with Gasteiger partial charge in [0.25, 0.3) is 11.6 Å². The highest BCUT2D eigenvalue weighted by atomic mass is 35.5. The lowest BCUT2D eigenvalue weighted by molar-refractivity contribution is -0.384. The van der Waals surface area contributed by atoms with Crippen LogP contribution in [0.5, 0.6) is 0 Å². The number of amides is 1. The second-order valence-corrected chi connectivity index (χ2v) is 9.05. The van der Waals surface area contributed by atoms with E-state index >= 15 is 0 Å². The zero-order valence-corrected chi connectivity index (χ0v) is 20.0. The van der Waals surface area contributed by atoms with Crippen molar-refractivity contribution < 1.29 is 14.1 Å². The van der Waals surface area contributed by atoms with Crippen molar-refractivity contribution in [3.8, 4) is 11.1 Å². The van der Waals surface area contributed by atoms with Gasteiger partial charge in [-0.05, 0) is 55.7 Å². The average Bonchev–Trinajstić information content (AvgIpc) is 2.88. The van der Waals surface area contributed by atoms with Crippen molar-refractivity contribution in [1.82, 2.24) is 0 Å². The van der Waals surface area contributed by atoms with E-state index in [2.05, 4.69) is 5.32 Å². The third-order valence-corrected chi connectivity index (χ3v) is 6.60. The molecule has 9 heteroatoms. The van der Waals surface area contributed by atoms with E-state index in [1.54, 1.807) is 42.5 Å². The summed E-state index contributed by atoms with van der Waals surface area (Å²) < 4.78 is 5.40. The first kappa shape index (κ1) is 23.6. The summed E-state index contributed by atoms with van der Waals surface area (Å²) in [7, 11) is 0. The molecule has 0 aliphatic carbocycles. The summed E-state index contributed by atoms with van der Waals surface area (Å²) in [6.07, 6.45) is 3.08. The molecule has 3 aromatic carbocycles. The number of halogens is 1. The van der Waals surface area contributed by atoms with Crippen LogP contribution in [0.4, 0.5) is 17.1 Å². The van der Waals surface area contributed by atoms with Crippen LogP contribution in [0.3, 0.4) is 0 Å². The van der Waals surface area contributed by atoms with Crippen LogP contribution in [0.2, 0.25) is 5.02 Å². The van der Waals surface area contributed by atoms with Crippen LogP contribution in [0.15, 0.2) is 75.9 Å². The molecule has 5 rings (SSSR count). The molecule has 1 amide bonds. The van der Waals surface area contributed by atoms with Gasteiger partial charge < -0.3 is 14.6 Å². The molecule has 4 aromatic rings. The van der Waals surface area contributed by atoms with Crippen LogP contribution in [0.1, 0.15) is 29.6 Å². The summed E-state index contributed by atoms with van der Waals surface area (Å²) in [5.74, 6) is -0.502. The predicted molar refractivity (Wildman–Crippen MR) is 140 cm³/mol. The van der Waals surface area contributed by atoms with Crippen LogP contribution in [-0.4, -0.2) is 23.9 Å². The summed E-state index contributed by atoms with van der Waals surface area (Å²) in [6, 6.07) is 18.2. The molecule has 0 bridgehead atoms. The molecule has 2 heterocycles. The number of nitrogens with one attached hydrogen (secondary N) is 1. The Kier molecular flexibility index (Phi) is 6.43. The molecule has 0 saturated carbocycles. The summed E-state index contributed by atoms with van der Waals surface area (Å²) in [6.45, 7) is 1.51. The fourth-order valence-corrected chi connectivity index (χ4v) is 4.76. The van der Waals surface area contributed by atoms with E-state index < -0.39 is 16.5 Å². The minimum absolute atomic E-state index is 0.0963. The molecule has 1 N–H and O–H groups in total. The van der Waals surface area contributed by atoms with Crippen LogP contribution in [-0.2, 0) is 0 Å². The number of hydrogen-bond acceptors (Lipinski definition) is 6. The minimum Gasteiger partial charge on any atom is -0.422 e. The van der Waals surface area contributed by atoms with E-state index in [-0.39, 0.29) is 16.3 Å². The Bertz CT molecular complexity index is 1540. The average molecular weight is 504 g/mol. The van der Waals surface area contributed by atoms with Gasteiger partial charge in [-0.25, -0.2) is 4.79 Å². The fraction of sp³-hybridized carbons (Fsp3) is 0.185. The molecule has 1 saturated heterocycles. The Hall–Kier alpha value is -4.17. The van der Waals surface area contributed by atoms with E-state index in [0.717, 1.165) is 37.7 Å². The maximum absolute atomic E-state index is 12.9. The highest BCUT2D eigenvalue weighted by molar-refractivity contribution is 6.33. The molecule has 1 aliphatic rings. The van der Waals surface area contributed by atoms with Gasteiger partial charge in [0.1, 0.15) is 11.3 Å². The van der Waals surface area contributed by atoms with E-state index in [1.807, 2.05) is 17.0 Å². The number of nitro benzene ring substituents is 1. The first-order chi connectivity index (χ1) is 17.4. The minimum atomic E-state index is -0.520. The van der Waals surface area contributed by atoms with Crippen molar-refractivity contribution in [2.24, 2.45) is 0 Å². The highest BCUT2D eigenvalue weighted by Gasteiger charge is 2.23. The Balaban J connectivity index is 1.39. The fourth-order valence-electron chi connectivity index (χ4n) is 4.48. The number of nitrogens with zero attached hydrogens (tertiary/aromatic N) is 2. The van der Waals surface area contributed by atoms with Gasteiger partial charge in [-0.3, -0.25) is 14.9 Å². The van der Waals surface area contributed by atoms with Gasteiger partial charge in [0.2, 0.25) is 0 Å². The quantitative estimate of drug-likeness (QED) is 0.195. The lowest BCUT2D eigenvalue weighted by Gasteiger charge is -2.28. The second-order valence-electron chi connectivity index (χ2n) is 8.64. The smallest absolute Gasteiger partial charge is 0.344 e. The monoisotopic (exact) mass is 503 g/mol. The van der Waals surface area contributed by atoms with Crippen LogP contribution in [0.25, 0.3) is 22.1 Å². The van der Waals surface area contributed by atoms with Crippen molar-refractivity contribution in [3.05, 3.63) is 97.9 Å². The molecular weight excluding hydrogens is 482 g/mol. The predicted octanol–water partition coefficient (Wildman–Crippen LogP) is 6.26. The SMILES string of the molecule is O=C(Nc1ccc(-c2cc3ccccc3oc2=O)c(Cl)c1)c1ccc(N2CCCCC2)c([N+](=O)[O-])c1. The van der Waals surface area contributed by atoms with Crippen molar-refractivity contribution in [3.63, 3.8) is 0 Å². The van der Waals surface area contributed by atoms with Crippen molar-refractivity contribution in [1.29, 1.82) is 0 Å². The number of nitro groups is 1. The molecular formula is C27H22ClN3O5. The zero-order valence-electron chi connectivity index (χ0n) is 19.2. The number of piperidine rings is 1.